The second-order valence-corrected chi connectivity index (χ2v) is 6.80. The maximum absolute atomic E-state index is 5.98. The molecule has 7 heteroatoms. The molecule has 0 radical (unpaired) electrons. The van der Waals surface area contributed by atoms with Gasteiger partial charge >= 0.3 is 0 Å². The van der Waals surface area contributed by atoms with Crippen molar-refractivity contribution in [3.63, 3.8) is 0 Å². The minimum Gasteiger partial charge on any atom is -0.493 e. The fourth-order valence-corrected chi connectivity index (χ4v) is 3.25. The molecule has 28 heavy (non-hydrogen) atoms. The van der Waals surface area contributed by atoms with Crippen molar-refractivity contribution in [2.75, 3.05) is 33.9 Å². The van der Waals surface area contributed by atoms with E-state index in [1.807, 2.05) is 18.2 Å². The number of aliphatic imine (C=N–C) groups is 1. The summed E-state index contributed by atoms with van der Waals surface area (Å²) in [7, 11) is 3.28. The SMILES string of the molecule is CCNC(=NCc1ccc(OC)c(OC)c1)NCCCOC1CCCCC1.I. The van der Waals surface area contributed by atoms with Gasteiger partial charge in [-0.3, -0.25) is 0 Å². The number of rotatable bonds is 10. The molecule has 1 saturated carbocycles. The number of nitrogens with zero attached hydrogens (tertiary/aromatic N) is 1. The number of guanidine groups is 1. The van der Waals surface area contributed by atoms with E-state index >= 15 is 0 Å². The van der Waals surface area contributed by atoms with Gasteiger partial charge in [-0.2, -0.15) is 0 Å². The first-order valence-electron chi connectivity index (χ1n) is 10.1. The van der Waals surface area contributed by atoms with Gasteiger partial charge in [0.05, 0.1) is 26.9 Å². The van der Waals surface area contributed by atoms with Crippen molar-refractivity contribution in [3.05, 3.63) is 23.8 Å². The van der Waals surface area contributed by atoms with Gasteiger partial charge in [0.25, 0.3) is 0 Å². The Morgan fingerprint density at radius 3 is 2.50 bits per heavy atom. The lowest BCUT2D eigenvalue weighted by atomic mass is 9.98. The smallest absolute Gasteiger partial charge is 0.191 e. The molecule has 2 rings (SSSR count). The van der Waals surface area contributed by atoms with Crippen LogP contribution >= 0.6 is 24.0 Å². The number of hydrogen-bond acceptors (Lipinski definition) is 4. The average Bonchev–Trinajstić information content (AvgIpc) is 2.72. The Labute approximate surface area is 186 Å². The molecule has 0 heterocycles. The molecule has 2 N–H and O–H groups in total. The van der Waals surface area contributed by atoms with Crippen molar-refractivity contribution >= 4 is 29.9 Å². The fraction of sp³-hybridized carbons (Fsp3) is 0.667. The molecular formula is C21H36IN3O3. The van der Waals surface area contributed by atoms with Crippen LogP contribution in [-0.4, -0.2) is 46.0 Å². The zero-order valence-corrected chi connectivity index (χ0v) is 19.8. The highest BCUT2D eigenvalue weighted by Crippen LogP contribution is 2.27. The van der Waals surface area contributed by atoms with Crippen molar-refractivity contribution in [2.45, 2.75) is 58.1 Å². The summed E-state index contributed by atoms with van der Waals surface area (Å²) in [6, 6.07) is 5.88. The van der Waals surface area contributed by atoms with E-state index in [9.17, 15) is 0 Å². The summed E-state index contributed by atoms with van der Waals surface area (Å²) in [4.78, 5) is 4.66. The van der Waals surface area contributed by atoms with Gasteiger partial charge in [-0.1, -0.05) is 25.3 Å². The van der Waals surface area contributed by atoms with Crippen LogP contribution in [0.15, 0.2) is 23.2 Å². The normalized spacial score (nSPS) is 14.9. The Bertz CT molecular complexity index is 578. The zero-order chi connectivity index (χ0) is 19.3. The summed E-state index contributed by atoms with van der Waals surface area (Å²) in [6.45, 7) is 5.14. The molecule has 0 bridgehead atoms. The van der Waals surface area contributed by atoms with Gasteiger partial charge in [0.15, 0.2) is 17.5 Å². The summed E-state index contributed by atoms with van der Waals surface area (Å²) in [6.07, 6.45) is 7.91. The lowest BCUT2D eigenvalue weighted by Crippen LogP contribution is -2.38. The van der Waals surface area contributed by atoms with E-state index in [4.69, 9.17) is 14.2 Å². The number of methoxy groups -OCH3 is 2. The molecule has 1 aliphatic carbocycles. The van der Waals surface area contributed by atoms with Gasteiger partial charge in [-0.25, -0.2) is 4.99 Å². The Morgan fingerprint density at radius 2 is 1.82 bits per heavy atom. The molecule has 0 aromatic heterocycles. The van der Waals surface area contributed by atoms with E-state index in [0.29, 0.717) is 12.6 Å². The molecule has 0 atom stereocenters. The van der Waals surface area contributed by atoms with Crippen LogP contribution in [0.5, 0.6) is 11.5 Å². The molecule has 0 aliphatic heterocycles. The maximum Gasteiger partial charge on any atom is 0.191 e. The van der Waals surface area contributed by atoms with Crippen LogP contribution in [0.3, 0.4) is 0 Å². The zero-order valence-electron chi connectivity index (χ0n) is 17.5. The molecule has 0 unspecified atom stereocenters. The number of nitrogens with one attached hydrogen (secondary N) is 2. The van der Waals surface area contributed by atoms with E-state index in [1.54, 1.807) is 14.2 Å². The third-order valence-electron chi connectivity index (χ3n) is 4.73. The largest absolute Gasteiger partial charge is 0.493 e. The van der Waals surface area contributed by atoms with Crippen LogP contribution in [0, 0.1) is 0 Å². The van der Waals surface area contributed by atoms with E-state index < -0.39 is 0 Å². The van der Waals surface area contributed by atoms with Crippen molar-refractivity contribution in [1.29, 1.82) is 0 Å². The molecular weight excluding hydrogens is 469 g/mol. The van der Waals surface area contributed by atoms with E-state index in [1.165, 1.54) is 32.1 Å². The number of hydrogen-bond donors (Lipinski definition) is 2. The summed E-state index contributed by atoms with van der Waals surface area (Å²) >= 11 is 0. The van der Waals surface area contributed by atoms with E-state index in [-0.39, 0.29) is 24.0 Å². The first kappa shape index (κ1) is 24.8. The highest BCUT2D eigenvalue weighted by molar-refractivity contribution is 14.0. The van der Waals surface area contributed by atoms with Crippen molar-refractivity contribution in [3.8, 4) is 11.5 Å². The highest BCUT2D eigenvalue weighted by atomic mass is 127. The molecule has 1 aromatic carbocycles. The number of ether oxygens (including phenoxy) is 3. The van der Waals surface area contributed by atoms with Crippen LogP contribution in [0.4, 0.5) is 0 Å². The first-order chi connectivity index (χ1) is 13.3. The van der Waals surface area contributed by atoms with Gasteiger partial charge in [0, 0.05) is 19.7 Å². The third kappa shape index (κ3) is 8.86. The van der Waals surface area contributed by atoms with E-state index in [0.717, 1.165) is 49.1 Å². The predicted molar refractivity (Wildman–Crippen MR) is 125 cm³/mol. The number of halogens is 1. The van der Waals surface area contributed by atoms with Crippen LogP contribution in [0.25, 0.3) is 0 Å². The van der Waals surface area contributed by atoms with Crippen LogP contribution in [-0.2, 0) is 11.3 Å². The van der Waals surface area contributed by atoms with Gasteiger partial charge in [-0.05, 0) is 43.9 Å². The molecule has 160 valence electrons. The quantitative estimate of drug-likeness (QED) is 0.217. The predicted octanol–water partition coefficient (Wildman–Crippen LogP) is 4.12. The van der Waals surface area contributed by atoms with Gasteiger partial charge in [-0.15, -0.1) is 24.0 Å². The highest BCUT2D eigenvalue weighted by Gasteiger charge is 2.13. The minimum atomic E-state index is 0. The van der Waals surface area contributed by atoms with Crippen molar-refractivity contribution in [1.82, 2.24) is 10.6 Å². The van der Waals surface area contributed by atoms with E-state index in [2.05, 4.69) is 22.5 Å². The fourth-order valence-electron chi connectivity index (χ4n) is 3.25. The van der Waals surface area contributed by atoms with Crippen LogP contribution in [0.2, 0.25) is 0 Å². The van der Waals surface area contributed by atoms with Gasteiger partial charge in [0.2, 0.25) is 0 Å². The van der Waals surface area contributed by atoms with Crippen LogP contribution < -0.4 is 20.1 Å². The lowest BCUT2D eigenvalue weighted by Gasteiger charge is -2.22. The van der Waals surface area contributed by atoms with Crippen molar-refractivity contribution < 1.29 is 14.2 Å². The molecule has 0 spiro atoms. The molecule has 0 amide bonds. The lowest BCUT2D eigenvalue weighted by molar-refractivity contribution is 0.0277. The summed E-state index contributed by atoms with van der Waals surface area (Å²) in [5.41, 5.74) is 1.07. The third-order valence-corrected chi connectivity index (χ3v) is 4.73. The molecule has 1 aromatic rings. The second-order valence-electron chi connectivity index (χ2n) is 6.80. The van der Waals surface area contributed by atoms with Gasteiger partial charge in [0.1, 0.15) is 0 Å². The topological polar surface area (TPSA) is 64.1 Å². The van der Waals surface area contributed by atoms with Crippen LogP contribution in [0.1, 0.15) is 51.0 Å². The monoisotopic (exact) mass is 505 g/mol. The summed E-state index contributed by atoms with van der Waals surface area (Å²) < 4.78 is 16.6. The Morgan fingerprint density at radius 1 is 1.07 bits per heavy atom. The molecule has 0 saturated heterocycles. The minimum absolute atomic E-state index is 0. The Balaban J connectivity index is 0.00000392. The summed E-state index contributed by atoms with van der Waals surface area (Å²) in [5.74, 6) is 2.28. The molecule has 1 aliphatic rings. The molecule has 6 nitrogen and oxygen atoms in total. The van der Waals surface area contributed by atoms with Gasteiger partial charge < -0.3 is 24.8 Å². The maximum atomic E-state index is 5.98. The first-order valence-corrected chi connectivity index (χ1v) is 10.1. The average molecular weight is 505 g/mol. The number of benzene rings is 1. The second kappa shape index (κ2) is 14.7. The Hall–Kier alpha value is -1.22. The summed E-state index contributed by atoms with van der Waals surface area (Å²) in [5, 5.41) is 6.67. The van der Waals surface area contributed by atoms with Crippen molar-refractivity contribution in [2.24, 2.45) is 4.99 Å². The molecule has 1 fully saturated rings. The Kier molecular flexibility index (Phi) is 13.1. The standard InChI is InChI=1S/C21H35N3O3.HI/c1-4-22-21(23-13-8-14-27-18-9-6-5-7-10-18)24-16-17-11-12-19(25-2)20(15-17)26-3;/h11-12,15,18H,4-10,13-14,16H2,1-3H3,(H2,22,23,24);1H.